The highest BCUT2D eigenvalue weighted by Crippen LogP contribution is 2.30. The highest BCUT2D eigenvalue weighted by molar-refractivity contribution is 6.03. The van der Waals surface area contributed by atoms with Gasteiger partial charge in [-0.15, -0.1) is 0 Å². The van der Waals surface area contributed by atoms with Crippen LogP contribution >= 0.6 is 0 Å². The number of carbonyl (C=O) groups is 2. The second-order valence-electron chi connectivity index (χ2n) is 4.46. The number of Topliss-reactive ketones (excluding diaryl/α,β-unsaturated/α-hetero) is 1. The zero-order valence-electron chi connectivity index (χ0n) is 11.6. The number of hydrogen-bond donors (Lipinski definition) is 1. The third-order valence-electron chi connectivity index (χ3n) is 2.98. The first kappa shape index (κ1) is 14.1. The van der Waals surface area contributed by atoms with E-state index in [-0.39, 0.29) is 18.3 Å². The van der Waals surface area contributed by atoms with Crippen LogP contribution in [0.5, 0.6) is 5.75 Å². The lowest BCUT2D eigenvalue weighted by Gasteiger charge is -2.12. The van der Waals surface area contributed by atoms with Crippen LogP contribution in [-0.2, 0) is 4.79 Å². The average Bonchev–Trinajstić information content (AvgIpc) is 2.44. The molecule has 2 rings (SSSR count). The Labute approximate surface area is 117 Å². The van der Waals surface area contributed by atoms with Crippen molar-refractivity contribution < 1.29 is 14.3 Å². The van der Waals surface area contributed by atoms with Gasteiger partial charge in [-0.05, 0) is 25.3 Å². The normalized spacial score (nSPS) is 10.3. The van der Waals surface area contributed by atoms with Gasteiger partial charge in [0.1, 0.15) is 5.75 Å². The molecule has 104 valence electrons. The molecule has 0 aliphatic rings. The number of rotatable bonds is 5. The van der Waals surface area contributed by atoms with Gasteiger partial charge in [-0.1, -0.05) is 30.3 Å². The molecular weight excluding hydrogens is 254 g/mol. The lowest BCUT2D eigenvalue weighted by atomic mass is 10.0. The topological polar surface area (TPSA) is 55.4 Å². The van der Waals surface area contributed by atoms with Gasteiger partial charge in [0.2, 0.25) is 0 Å². The number of nitrogens with one attached hydrogen (secondary N) is 1. The van der Waals surface area contributed by atoms with Crippen LogP contribution in [0.25, 0.3) is 10.8 Å². The van der Waals surface area contributed by atoms with Crippen molar-refractivity contribution in [2.24, 2.45) is 0 Å². The minimum Gasteiger partial charge on any atom is -0.482 e. The SMILES string of the molecule is CCNC(=O)COc1c(C(C)=O)ccc2ccccc12. The summed E-state index contributed by atoms with van der Waals surface area (Å²) < 4.78 is 5.59. The van der Waals surface area contributed by atoms with Gasteiger partial charge in [0, 0.05) is 11.9 Å². The molecule has 1 amide bonds. The summed E-state index contributed by atoms with van der Waals surface area (Å²) in [6, 6.07) is 11.2. The molecule has 2 aromatic rings. The summed E-state index contributed by atoms with van der Waals surface area (Å²) in [5.74, 6) is 0.193. The molecule has 0 saturated heterocycles. The van der Waals surface area contributed by atoms with Crippen LogP contribution < -0.4 is 10.1 Å². The Hall–Kier alpha value is -2.36. The fourth-order valence-electron chi connectivity index (χ4n) is 2.06. The third kappa shape index (κ3) is 2.96. The van der Waals surface area contributed by atoms with Crippen molar-refractivity contribution in [3.05, 3.63) is 42.0 Å². The van der Waals surface area contributed by atoms with E-state index in [1.165, 1.54) is 6.92 Å². The molecule has 0 saturated carbocycles. The van der Waals surface area contributed by atoms with Gasteiger partial charge in [-0.25, -0.2) is 0 Å². The molecule has 4 nitrogen and oxygen atoms in total. The summed E-state index contributed by atoms with van der Waals surface area (Å²) in [7, 11) is 0. The summed E-state index contributed by atoms with van der Waals surface area (Å²) in [5.41, 5.74) is 0.494. The second kappa shape index (κ2) is 6.19. The highest BCUT2D eigenvalue weighted by Gasteiger charge is 2.13. The van der Waals surface area contributed by atoms with Gasteiger partial charge < -0.3 is 10.1 Å². The Bertz CT molecular complexity index is 649. The summed E-state index contributed by atoms with van der Waals surface area (Å²) in [5, 5.41) is 4.48. The van der Waals surface area contributed by atoms with E-state index in [0.717, 1.165) is 10.8 Å². The monoisotopic (exact) mass is 271 g/mol. The van der Waals surface area contributed by atoms with Crippen molar-refractivity contribution in [2.75, 3.05) is 13.2 Å². The second-order valence-corrected chi connectivity index (χ2v) is 4.46. The number of ketones is 1. The van der Waals surface area contributed by atoms with Crippen molar-refractivity contribution in [1.29, 1.82) is 0 Å². The predicted octanol–water partition coefficient (Wildman–Crippen LogP) is 2.56. The van der Waals surface area contributed by atoms with Crippen LogP contribution in [0.4, 0.5) is 0 Å². The minimum atomic E-state index is -0.199. The first-order chi connectivity index (χ1) is 9.63. The number of amides is 1. The molecule has 0 bridgehead atoms. The first-order valence-corrected chi connectivity index (χ1v) is 6.55. The van der Waals surface area contributed by atoms with Crippen molar-refractivity contribution in [2.45, 2.75) is 13.8 Å². The molecular formula is C16H17NO3. The smallest absolute Gasteiger partial charge is 0.257 e. The van der Waals surface area contributed by atoms with Gasteiger partial charge in [-0.3, -0.25) is 9.59 Å². The van der Waals surface area contributed by atoms with Crippen molar-refractivity contribution >= 4 is 22.5 Å². The van der Waals surface area contributed by atoms with Crippen LogP contribution in [0.1, 0.15) is 24.2 Å². The molecule has 0 atom stereocenters. The van der Waals surface area contributed by atoms with Crippen LogP contribution in [0.2, 0.25) is 0 Å². The standard InChI is InChI=1S/C16H17NO3/c1-3-17-15(19)10-20-16-13(11(2)18)9-8-12-6-4-5-7-14(12)16/h4-9H,3,10H2,1-2H3,(H,17,19). The molecule has 20 heavy (non-hydrogen) atoms. The molecule has 0 aromatic heterocycles. The van der Waals surface area contributed by atoms with E-state index >= 15 is 0 Å². The molecule has 2 aromatic carbocycles. The number of carbonyl (C=O) groups excluding carboxylic acids is 2. The van der Waals surface area contributed by atoms with Gasteiger partial charge >= 0.3 is 0 Å². The van der Waals surface area contributed by atoms with Gasteiger partial charge in [0.25, 0.3) is 5.91 Å². The van der Waals surface area contributed by atoms with Crippen molar-refractivity contribution in [3.63, 3.8) is 0 Å². The quantitative estimate of drug-likeness (QED) is 0.850. The number of benzene rings is 2. The van der Waals surface area contributed by atoms with Gasteiger partial charge in [-0.2, -0.15) is 0 Å². The highest BCUT2D eigenvalue weighted by atomic mass is 16.5. The first-order valence-electron chi connectivity index (χ1n) is 6.55. The van der Waals surface area contributed by atoms with E-state index in [4.69, 9.17) is 4.74 Å². The fraction of sp³-hybridized carbons (Fsp3) is 0.250. The van der Waals surface area contributed by atoms with Gasteiger partial charge in [0.05, 0.1) is 5.56 Å². The van der Waals surface area contributed by atoms with Crippen LogP contribution in [0.3, 0.4) is 0 Å². The largest absolute Gasteiger partial charge is 0.482 e. The zero-order valence-corrected chi connectivity index (χ0v) is 11.6. The number of fused-ring (bicyclic) bond motifs is 1. The summed E-state index contributed by atoms with van der Waals surface area (Å²) in [6.07, 6.45) is 0. The summed E-state index contributed by atoms with van der Waals surface area (Å²) in [4.78, 5) is 23.2. The maximum absolute atomic E-state index is 11.7. The molecule has 0 heterocycles. The van der Waals surface area contributed by atoms with Crippen molar-refractivity contribution in [1.82, 2.24) is 5.32 Å². The molecule has 0 unspecified atom stereocenters. The molecule has 0 aliphatic carbocycles. The van der Waals surface area contributed by atoms with E-state index in [2.05, 4.69) is 5.32 Å². The Morgan fingerprint density at radius 2 is 1.90 bits per heavy atom. The summed E-state index contributed by atoms with van der Waals surface area (Å²) in [6.45, 7) is 3.79. The molecule has 0 radical (unpaired) electrons. The maximum atomic E-state index is 11.7. The lowest BCUT2D eigenvalue weighted by Crippen LogP contribution is -2.28. The van der Waals surface area contributed by atoms with E-state index in [1.54, 1.807) is 6.07 Å². The Kier molecular flexibility index (Phi) is 4.35. The van der Waals surface area contributed by atoms with E-state index in [0.29, 0.717) is 17.9 Å². The minimum absolute atomic E-state index is 0.0818. The molecule has 0 spiro atoms. The van der Waals surface area contributed by atoms with Gasteiger partial charge in [0.15, 0.2) is 12.4 Å². The third-order valence-corrected chi connectivity index (χ3v) is 2.98. The number of ether oxygens (including phenoxy) is 1. The lowest BCUT2D eigenvalue weighted by molar-refractivity contribution is -0.122. The summed E-state index contributed by atoms with van der Waals surface area (Å²) >= 11 is 0. The predicted molar refractivity (Wildman–Crippen MR) is 78.1 cm³/mol. The Morgan fingerprint density at radius 3 is 2.60 bits per heavy atom. The molecule has 0 aliphatic heterocycles. The van der Waals surface area contributed by atoms with Crippen LogP contribution in [0.15, 0.2) is 36.4 Å². The van der Waals surface area contributed by atoms with Crippen molar-refractivity contribution in [3.8, 4) is 5.75 Å². The van der Waals surface area contributed by atoms with Crippen LogP contribution in [-0.4, -0.2) is 24.8 Å². The zero-order chi connectivity index (χ0) is 14.5. The van der Waals surface area contributed by atoms with E-state index in [9.17, 15) is 9.59 Å². The number of likely N-dealkylation sites (N-methyl/N-ethyl adjacent to an activating group) is 1. The molecule has 1 N–H and O–H groups in total. The molecule has 4 heteroatoms. The number of hydrogen-bond acceptors (Lipinski definition) is 3. The average molecular weight is 271 g/mol. The Balaban J connectivity index is 2.39. The van der Waals surface area contributed by atoms with E-state index in [1.807, 2.05) is 37.3 Å². The van der Waals surface area contributed by atoms with Crippen LogP contribution in [0, 0.1) is 0 Å². The van der Waals surface area contributed by atoms with E-state index < -0.39 is 0 Å². The fourth-order valence-corrected chi connectivity index (χ4v) is 2.06. The maximum Gasteiger partial charge on any atom is 0.257 e. The Morgan fingerprint density at radius 1 is 1.15 bits per heavy atom. The molecule has 0 fully saturated rings.